The number of benzene rings is 1. The van der Waals surface area contributed by atoms with E-state index in [9.17, 15) is 0 Å². The fourth-order valence-electron chi connectivity index (χ4n) is 1.06. The minimum Gasteiger partial charge on any atom is -0.336 e. The third-order valence-electron chi connectivity index (χ3n) is 2.15. The lowest BCUT2D eigenvalue weighted by molar-refractivity contribution is -0.777. The maximum atomic E-state index is 7.40. The highest BCUT2D eigenvalue weighted by molar-refractivity contribution is 5.85. The van der Waals surface area contributed by atoms with Crippen molar-refractivity contribution < 1.29 is 4.59 Å². The lowest BCUT2D eigenvalue weighted by atomic mass is 10.2. The van der Waals surface area contributed by atoms with Gasteiger partial charge in [0.2, 0.25) is 0 Å². The van der Waals surface area contributed by atoms with Crippen LogP contribution < -0.4 is 11.2 Å². The van der Waals surface area contributed by atoms with Crippen LogP contribution in [0, 0.1) is 12.3 Å². The first kappa shape index (κ1) is 13.7. The van der Waals surface area contributed by atoms with Gasteiger partial charge in [-0.2, -0.15) is 4.59 Å². The molecule has 0 spiro atoms. The van der Waals surface area contributed by atoms with Gasteiger partial charge in [-0.25, -0.2) is 10.8 Å². The van der Waals surface area contributed by atoms with Crippen LogP contribution in [-0.4, -0.2) is 24.6 Å². The van der Waals surface area contributed by atoms with Crippen molar-refractivity contribution in [3.8, 4) is 0 Å². The van der Waals surface area contributed by atoms with Crippen LogP contribution >= 0.6 is 12.4 Å². The van der Waals surface area contributed by atoms with Gasteiger partial charge >= 0.3 is 5.96 Å². The Bertz CT molecular complexity index is 349. The Balaban J connectivity index is 0.00000196. The summed E-state index contributed by atoms with van der Waals surface area (Å²) in [5.74, 6) is 0.0771. The number of para-hydroxylation sites is 1. The van der Waals surface area contributed by atoms with Crippen LogP contribution in [0.15, 0.2) is 24.3 Å². The normalized spacial score (nSPS) is 10.3. The van der Waals surface area contributed by atoms with Crippen LogP contribution in [0.2, 0.25) is 0 Å². The number of hydrogen-bond acceptors (Lipinski definition) is 2. The van der Waals surface area contributed by atoms with Crippen LogP contribution in [0.3, 0.4) is 0 Å². The zero-order valence-corrected chi connectivity index (χ0v) is 10.1. The number of nitrogens with two attached hydrogens (primary N) is 1. The first-order valence-corrected chi connectivity index (χ1v) is 4.46. The van der Waals surface area contributed by atoms with Crippen molar-refractivity contribution in [1.82, 2.24) is 0 Å². The summed E-state index contributed by atoms with van der Waals surface area (Å²) in [6.07, 6.45) is 0. The van der Waals surface area contributed by atoms with Gasteiger partial charge in [-0.15, -0.1) is 12.4 Å². The summed E-state index contributed by atoms with van der Waals surface area (Å²) in [5.41, 5.74) is 10.8. The van der Waals surface area contributed by atoms with Gasteiger partial charge in [0.05, 0.1) is 19.8 Å². The third kappa shape index (κ3) is 3.42. The van der Waals surface area contributed by atoms with E-state index in [-0.39, 0.29) is 23.0 Å². The van der Waals surface area contributed by atoms with E-state index in [1.807, 2.05) is 45.3 Å². The van der Waals surface area contributed by atoms with Gasteiger partial charge in [0.25, 0.3) is 0 Å². The Morgan fingerprint density at radius 2 is 1.87 bits per heavy atom. The molecule has 1 rings (SSSR count). The summed E-state index contributed by atoms with van der Waals surface area (Å²) in [6, 6.07) is 7.92. The molecule has 84 valence electrons. The van der Waals surface area contributed by atoms with E-state index in [0.717, 1.165) is 11.3 Å². The summed E-state index contributed by atoms with van der Waals surface area (Å²) >= 11 is 0. The minimum absolute atomic E-state index is 0. The fraction of sp³-hybridized carbons (Fsp3) is 0.300. The monoisotopic (exact) mass is 229 g/mol. The molecule has 15 heavy (non-hydrogen) atoms. The molecule has 0 amide bonds. The van der Waals surface area contributed by atoms with Crippen molar-refractivity contribution in [3.63, 3.8) is 0 Å². The summed E-state index contributed by atoms with van der Waals surface area (Å²) in [4.78, 5) is 0. The number of rotatable bonds is 2. The number of quaternary nitrogens is 1. The first-order valence-electron chi connectivity index (χ1n) is 4.46. The molecule has 0 saturated carbocycles. The van der Waals surface area contributed by atoms with Gasteiger partial charge in [-0.3, -0.25) is 0 Å². The van der Waals surface area contributed by atoms with E-state index >= 15 is 0 Å². The molecule has 0 aliphatic rings. The van der Waals surface area contributed by atoms with Crippen LogP contribution in [-0.2, 0) is 0 Å². The largest absolute Gasteiger partial charge is 0.336 e. The number of halogens is 1. The second-order valence-corrected chi connectivity index (χ2v) is 3.77. The smallest absolute Gasteiger partial charge is 0.316 e. The quantitative estimate of drug-likeness (QED) is 0.313. The molecule has 5 heteroatoms. The van der Waals surface area contributed by atoms with E-state index in [4.69, 9.17) is 11.1 Å². The Morgan fingerprint density at radius 3 is 2.33 bits per heavy atom. The van der Waals surface area contributed by atoms with E-state index < -0.39 is 0 Å². The zero-order chi connectivity index (χ0) is 10.8. The SMILES string of the molecule is Cc1ccccc1N[N+](C)(C)C(=N)N.Cl. The molecule has 0 radical (unpaired) electrons. The van der Waals surface area contributed by atoms with Crippen molar-refractivity contribution in [2.24, 2.45) is 5.73 Å². The second kappa shape index (κ2) is 5.00. The van der Waals surface area contributed by atoms with Crippen LogP contribution in [0.25, 0.3) is 0 Å². The minimum atomic E-state index is 0. The molecule has 0 aromatic heterocycles. The summed E-state index contributed by atoms with van der Waals surface area (Å²) in [5, 5.41) is 7.40. The summed E-state index contributed by atoms with van der Waals surface area (Å²) in [6.45, 7) is 2.02. The van der Waals surface area contributed by atoms with Gasteiger partial charge in [0.15, 0.2) is 0 Å². The van der Waals surface area contributed by atoms with Crippen molar-refractivity contribution in [1.29, 1.82) is 5.41 Å². The van der Waals surface area contributed by atoms with Crippen molar-refractivity contribution in [3.05, 3.63) is 29.8 Å². The summed E-state index contributed by atoms with van der Waals surface area (Å²) < 4.78 is 0.158. The molecule has 0 aliphatic heterocycles. The van der Waals surface area contributed by atoms with Crippen LogP contribution in [0.1, 0.15) is 5.56 Å². The highest BCUT2D eigenvalue weighted by atomic mass is 35.5. The van der Waals surface area contributed by atoms with Gasteiger partial charge in [-0.05, 0) is 18.6 Å². The Morgan fingerprint density at radius 1 is 1.33 bits per heavy atom. The zero-order valence-electron chi connectivity index (χ0n) is 9.24. The van der Waals surface area contributed by atoms with E-state index in [0.29, 0.717) is 0 Å². The van der Waals surface area contributed by atoms with Gasteiger partial charge < -0.3 is 5.73 Å². The Hall–Kier alpha value is -1.26. The molecule has 1 aromatic carbocycles. The molecule has 0 bridgehead atoms. The number of nitrogens with zero attached hydrogens (tertiary/aromatic N) is 1. The second-order valence-electron chi connectivity index (χ2n) is 3.77. The molecule has 0 fully saturated rings. The molecular formula is C10H18ClN4+. The fourth-order valence-corrected chi connectivity index (χ4v) is 1.06. The number of hydrogen-bond donors (Lipinski definition) is 3. The molecule has 0 atom stereocenters. The van der Waals surface area contributed by atoms with Crippen molar-refractivity contribution in [2.45, 2.75) is 6.92 Å². The van der Waals surface area contributed by atoms with Crippen LogP contribution in [0.5, 0.6) is 0 Å². The predicted octanol–water partition coefficient (Wildman–Crippen LogP) is 1.71. The molecule has 4 nitrogen and oxygen atoms in total. The number of guanidine groups is 1. The molecule has 1 aromatic rings. The molecule has 0 unspecified atom stereocenters. The Labute approximate surface area is 96.6 Å². The molecule has 4 N–H and O–H groups in total. The van der Waals surface area contributed by atoms with Gasteiger partial charge in [-0.1, -0.05) is 18.2 Å². The highest BCUT2D eigenvalue weighted by Gasteiger charge is 2.20. The molecule has 0 saturated heterocycles. The molecule has 0 aliphatic carbocycles. The lowest BCUT2D eigenvalue weighted by Gasteiger charge is -2.27. The Kier molecular flexibility index (Phi) is 4.58. The van der Waals surface area contributed by atoms with E-state index in [2.05, 4.69) is 5.43 Å². The van der Waals surface area contributed by atoms with E-state index in [1.54, 1.807) is 0 Å². The standard InChI is InChI=1S/C10H17N4.ClH/c1-8-6-4-5-7-9(8)13-14(2,3)10(11)12;/h4-7,13H,1-3H3,(H3,11,12);1H/q+1;. The number of aryl methyl sites for hydroxylation is 1. The van der Waals surface area contributed by atoms with Crippen molar-refractivity contribution in [2.75, 3.05) is 19.5 Å². The van der Waals surface area contributed by atoms with Gasteiger partial charge in [0, 0.05) is 0 Å². The lowest BCUT2D eigenvalue weighted by Crippen LogP contribution is -2.53. The molecular weight excluding hydrogens is 212 g/mol. The van der Waals surface area contributed by atoms with Crippen molar-refractivity contribution >= 4 is 24.1 Å². The first-order chi connectivity index (χ1) is 6.43. The highest BCUT2D eigenvalue weighted by Crippen LogP contribution is 2.15. The maximum Gasteiger partial charge on any atom is 0.316 e. The predicted molar refractivity (Wildman–Crippen MR) is 66.1 cm³/mol. The maximum absolute atomic E-state index is 7.40. The van der Waals surface area contributed by atoms with E-state index in [1.165, 1.54) is 0 Å². The van der Waals surface area contributed by atoms with Crippen LogP contribution in [0.4, 0.5) is 5.69 Å². The molecule has 0 heterocycles. The van der Waals surface area contributed by atoms with Gasteiger partial charge in [0.1, 0.15) is 0 Å². The third-order valence-corrected chi connectivity index (χ3v) is 2.15. The average molecular weight is 230 g/mol. The topological polar surface area (TPSA) is 61.9 Å². The average Bonchev–Trinajstić information content (AvgIpc) is 2.08. The number of anilines is 1. The summed E-state index contributed by atoms with van der Waals surface area (Å²) in [7, 11) is 3.66. The number of nitrogens with one attached hydrogen (secondary N) is 2.